The predicted molar refractivity (Wildman–Crippen MR) is 106 cm³/mol. The summed E-state index contributed by atoms with van der Waals surface area (Å²) >= 11 is 0. The SMILES string of the molecule is CC(C)N(C)S(=O)(=O)c1cccc(C(=O)Nc2ccccc2-n2cncn2)c1. The van der Waals surface area contributed by atoms with Gasteiger partial charge < -0.3 is 5.32 Å². The quantitative estimate of drug-likeness (QED) is 0.687. The second-order valence-electron chi connectivity index (χ2n) is 6.45. The Balaban J connectivity index is 1.90. The van der Waals surface area contributed by atoms with Crippen molar-refractivity contribution >= 4 is 21.6 Å². The zero-order valence-electron chi connectivity index (χ0n) is 15.8. The van der Waals surface area contributed by atoms with E-state index < -0.39 is 15.9 Å². The van der Waals surface area contributed by atoms with Crippen LogP contribution in [-0.2, 0) is 10.0 Å². The maximum Gasteiger partial charge on any atom is 0.255 e. The monoisotopic (exact) mass is 399 g/mol. The number of amides is 1. The number of sulfonamides is 1. The number of carbonyl (C=O) groups is 1. The average Bonchev–Trinajstić information content (AvgIpc) is 3.22. The lowest BCUT2D eigenvalue weighted by Crippen LogP contribution is -2.33. The topological polar surface area (TPSA) is 97.2 Å². The fourth-order valence-corrected chi connectivity index (χ4v) is 3.96. The summed E-state index contributed by atoms with van der Waals surface area (Å²) in [7, 11) is -2.16. The van der Waals surface area contributed by atoms with Crippen molar-refractivity contribution < 1.29 is 13.2 Å². The molecule has 0 aliphatic carbocycles. The van der Waals surface area contributed by atoms with Gasteiger partial charge in [0.1, 0.15) is 12.7 Å². The third kappa shape index (κ3) is 3.95. The van der Waals surface area contributed by atoms with Gasteiger partial charge in [0.25, 0.3) is 5.91 Å². The lowest BCUT2D eigenvalue weighted by Gasteiger charge is -2.21. The maximum absolute atomic E-state index is 12.8. The van der Waals surface area contributed by atoms with Gasteiger partial charge in [0.2, 0.25) is 10.0 Å². The van der Waals surface area contributed by atoms with E-state index in [0.717, 1.165) is 0 Å². The van der Waals surface area contributed by atoms with Crippen LogP contribution in [0.4, 0.5) is 5.69 Å². The van der Waals surface area contributed by atoms with Gasteiger partial charge in [-0.15, -0.1) is 0 Å². The van der Waals surface area contributed by atoms with E-state index in [1.807, 2.05) is 6.07 Å². The molecule has 28 heavy (non-hydrogen) atoms. The van der Waals surface area contributed by atoms with Crippen molar-refractivity contribution in [1.82, 2.24) is 19.1 Å². The van der Waals surface area contributed by atoms with Crippen molar-refractivity contribution in [2.24, 2.45) is 0 Å². The molecule has 0 fully saturated rings. The van der Waals surface area contributed by atoms with Crippen LogP contribution in [0.3, 0.4) is 0 Å². The molecule has 146 valence electrons. The highest BCUT2D eigenvalue weighted by Crippen LogP contribution is 2.21. The summed E-state index contributed by atoms with van der Waals surface area (Å²) < 4.78 is 28.2. The zero-order chi connectivity index (χ0) is 20.3. The normalized spacial score (nSPS) is 11.8. The molecule has 1 amide bonds. The number of carbonyl (C=O) groups excluding carboxylic acids is 1. The molecule has 0 aliphatic rings. The number of hydrogen-bond acceptors (Lipinski definition) is 5. The van der Waals surface area contributed by atoms with Crippen LogP contribution in [0, 0.1) is 0 Å². The smallest absolute Gasteiger partial charge is 0.255 e. The third-order valence-electron chi connectivity index (χ3n) is 4.32. The minimum absolute atomic E-state index is 0.0703. The van der Waals surface area contributed by atoms with E-state index in [-0.39, 0.29) is 16.5 Å². The van der Waals surface area contributed by atoms with Crippen molar-refractivity contribution in [3.05, 3.63) is 66.7 Å². The lowest BCUT2D eigenvalue weighted by atomic mass is 10.2. The van der Waals surface area contributed by atoms with Gasteiger partial charge >= 0.3 is 0 Å². The highest BCUT2D eigenvalue weighted by molar-refractivity contribution is 7.89. The van der Waals surface area contributed by atoms with Gasteiger partial charge in [-0.1, -0.05) is 18.2 Å². The molecule has 1 heterocycles. The molecule has 0 saturated heterocycles. The second kappa shape index (κ2) is 7.91. The van der Waals surface area contributed by atoms with Crippen LogP contribution >= 0.6 is 0 Å². The molecule has 0 saturated carbocycles. The second-order valence-corrected chi connectivity index (χ2v) is 8.45. The molecule has 8 nitrogen and oxygen atoms in total. The highest BCUT2D eigenvalue weighted by Gasteiger charge is 2.24. The van der Waals surface area contributed by atoms with Crippen LogP contribution in [0.5, 0.6) is 0 Å². The van der Waals surface area contributed by atoms with E-state index in [1.54, 1.807) is 44.2 Å². The summed E-state index contributed by atoms with van der Waals surface area (Å²) in [5, 5.41) is 6.89. The molecule has 0 aliphatic heterocycles. The van der Waals surface area contributed by atoms with Crippen molar-refractivity contribution in [1.29, 1.82) is 0 Å². The van der Waals surface area contributed by atoms with Crippen molar-refractivity contribution in [2.45, 2.75) is 24.8 Å². The van der Waals surface area contributed by atoms with E-state index in [1.165, 1.54) is 40.8 Å². The number of nitrogens with one attached hydrogen (secondary N) is 1. The minimum Gasteiger partial charge on any atom is -0.320 e. The summed E-state index contributed by atoms with van der Waals surface area (Å²) in [6.45, 7) is 3.57. The Bertz CT molecular complexity index is 1080. The van der Waals surface area contributed by atoms with Gasteiger partial charge in [-0.05, 0) is 44.2 Å². The zero-order valence-corrected chi connectivity index (χ0v) is 16.6. The maximum atomic E-state index is 12.8. The van der Waals surface area contributed by atoms with E-state index in [9.17, 15) is 13.2 Å². The first-order valence-electron chi connectivity index (χ1n) is 8.64. The Morgan fingerprint density at radius 1 is 1.14 bits per heavy atom. The van der Waals surface area contributed by atoms with E-state index in [0.29, 0.717) is 11.4 Å². The summed E-state index contributed by atoms with van der Waals surface area (Å²) in [6.07, 6.45) is 2.93. The van der Waals surface area contributed by atoms with Gasteiger partial charge in [0, 0.05) is 18.7 Å². The predicted octanol–water partition coefficient (Wildman–Crippen LogP) is 2.55. The number of aromatic nitrogens is 3. The van der Waals surface area contributed by atoms with Crippen molar-refractivity contribution in [3.63, 3.8) is 0 Å². The molecule has 3 aromatic rings. The summed E-state index contributed by atoms with van der Waals surface area (Å²) in [4.78, 5) is 16.7. The van der Waals surface area contributed by atoms with Gasteiger partial charge in [-0.3, -0.25) is 4.79 Å². The highest BCUT2D eigenvalue weighted by atomic mass is 32.2. The summed E-state index contributed by atoms with van der Waals surface area (Å²) in [5.74, 6) is -0.420. The molecule has 0 unspecified atom stereocenters. The largest absolute Gasteiger partial charge is 0.320 e. The molecular formula is C19H21N5O3S. The third-order valence-corrected chi connectivity index (χ3v) is 6.35. The molecule has 1 N–H and O–H groups in total. The van der Waals surface area contributed by atoms with Gasteiger partial charge in [-0.25, -0.2) is 18.1 Å². The van der Waals surface area contributed by atoms with Crippen molar-refractivity contribution in [2.75, 3.05) is 12.4 Å². The molecule has 9 heteroatoms. The fraction of sp³-hybridized carbons (Fsp3) is 0.211. The minimum atomic E-state index is -3.68. The Morgan fingerprint density at radius 2 is 1.89 bits per heavy atom. The molecule has 1 aromatic heterocycles. The van der Waals surface area contributed by atoms with Gasteiger partial charge in [-0.2, -0.15) is 9.40 Å². The Morgan fingerprint density at radius 3 is 2.57 bits per heavy atom. The standard InChI is InChI=1S/C19H21N5O3S/c1-14(2)23(3)28(26,27)16-8-6-7-15(11-16)19(25)22-17-9-4-5-10-18(17)24-13-20-12-21-24/h4-14H,1-3H3,(H,22,25). The molecular weight excluding hydrogens is 378 g/mol. The number of benzene rings is 2. The fourth-order valence-electron chi connectivity index (χ4n) is 2.55. The molecule has 0 bridgehead atoms. The first-order chi connectivity index (χ1) is 13.3. The van der Waals surface area contributed by atoms with Gasteiger partial charge in [0.15, 0.2) is 0 Å². The number of nitrogens with zero attached hydrogens (tertiary/aromatic N) is 4. The van der Waals surface area contributed by atoms with Crippen LogP contribution in [0.15, 0.2) is 66.1 Å². The van der Waals surface area contributed by atoms with Crippen LogP contribution in [0.1, 0.15) is 24.2 Å². The molecule has 2 aromatic carbocycles. The number of para-hydroxylation sites is 2. The van der Waals surface area contributed by atoms with Crippen LogP contribution in [0.2, 0.25) is 0 Å². The first-order valence-corrected chi connectivity index (χ1v) is 10.1. The Kier molecular flexibility index (Phi) is 5.57. The number of anilines is 1. The van der Waals surface area contributed by atoms with E-state index in [4.69, 9.17) is 0 Å². The van der Waals surface area contributed by atoms with Crippen LogP contribution in [-0.4, -0.2) is 46.5 Å². The van der Waals surface area contributed by atoms with E-state index >= 15 is 0 Å². The Labute approximate surface area is 163 Å². The Hall–Kier alpha value is -3.04. The molecule has 0 spiro atoms. The van der Waals surface area contributed by atoms with Crippen LogP contribution in [0.25, 0.3) is 5.69 Å². The number of rotatable bonds is 6. The molecule has 0 radical (unpaired) electrons. The summed E-state index contributed by atoms with van der Waals surface area (Å²) in [6, 6.07) is 12.9. The average molecular weight is 399 g/mol. The van der Waals surface area contributed by atoms with Crippen LogP contribution < -0.4 is 5.32 Å². The first kappa shape index (κ1) is 19.7. The molecule has 0 atom stereocenters. The van der Waals surface area contributed by atoms with Gasteiger partial charge in [0.05, 0.1) is 16.3 Å². The lowest BCUT2D eigenvalue weighted by molar-refractivity contribution is 0.102. The summed E-state index contributed by atoms with van der Waals surface area (Å²) in [5.41, 5.74) is 1.42. The van der Waals surface area contributed by atoms with Crippen molar-refractivity contribution in [3.8, 4) is 5.69 Å². The number of hydrogen-bond donors (Lipinski definition) is 1. The molecule has 3 rings (SSSR count). The van der Waals surface area contributed by atoms with E-state index in [2.05, 4.69) is 15.4 Å².